The minimum absolute atomic E-state index is 0.160. The van der Waals surface area contributed by atoms with Crippen LogP contribution >= 0.6 is 0 Å². The third kappa shape index (κ3) is 1.93. The zero-order valence-corrected chi connectivity index (χ0v) is 7.80. The molecule has 0 aromatic rings. The molecule has 0 aromatic carbocycles. The van der Waals surface area contributed by atoms with E-state index in [9.17, 15) is 9.59 Å². The van der Waals surface area contributed by atoms with Gasteiger partial charge in [0.15, 0.2) is 0 Å². The topological polar surface area (TPSA) is 34.1 Å². The van der Waals surface area contributed by atoms with Crippen LogP contribution in [0.3, 0.4) is 0 Å². The lowest BCUT2D eigenvalue weighted by Gasteiger charge is -2.25. The lowest BCUT2D eigenvalue weighted by molar-refractivity contribution is -0.129. The van der Waals surface area contributed by atoms with Crippen molar-refractivity contribution >= 4 is 11.6 Å². The van der Waals surface area contributed by atoms with Gasteiger partial charge in [-0.05, 0) is 26.2 Å². The molecule has 0 aliphatic heterocycles. The highest BCUT2D eigenvalue weighted by atomic mass is 16.1. The molecular weight excluding hydrogens is 152 g/mol. The molecule has 1 saturated carbocycles. The summed E-state index contributed by atoms with van der Waals surface area (Å²) in [4.78, 5) is 22.3. The molecule has 0 N–H and O–H groups in total. The average Bonchev–Trinajstić information content (AvgIpc) is 2.05. The lowest BCUT2D eigenvalue weighted by Crippen LogP contribution is -2.27. The maximum atomic E-state index is 11.3. The highest BCUT2D eigenvalue weighted by molar-refractivity contribution is 5.86. The van der Waals surface area contributed by atoms with Crippen LogP contribution in [0.2, 0.25) is 0 Å². The Labute approximate surface area is 73.3 Å². The summed E-state index contributed by atoms with van der Waals surface area (Å²) in [5.41, 5.74) is 0. The quantitative estimate of drug-likeness (QED) is 0.631. The van der Waals surface area contributed by atoms with E-state index < -0.39 is 0 Å². The molecular formula is C10H16O2. The molecule has 2 unspecified atom stereocenters. The van der Waals surface area contributed by atoms with Gasteiger partial charge in [-0.1, -0.05) is 6.92 Å². The Morgan fingerprint density at radius 3 is 2.75 bits per heavy atom. The van der Waals surface area contributed by atoms with Crippen LogP contribution < -0.4 is 0 Å². The Morgan fingerprint density at radius 2 is 2.25 bits per heavy atom. The molecule has 1 aliphatic carbocycles. The van der Waals surface area contributed by atoms with E-state index in [1.165, 1.54) is 0 Å². The van der Waals surface area contributed by atoms with E-state index in [-0.39, 0.29) is 17.6 Å². The maximum absolute atomic E-state index is 11.3. The van der Waals surface area contributed by atoms with Crippen molar-refractivity contribution in [1.29, 1.82) is 0 Å². The summed E-state index contributed by atoms with van der Waals surface area (Å²) < 4.78 is 0. The molecule has 68 valence electrons. The summed E-state index contributed by atoms with van der Waals surface area (Å²) in [6.07, 6.45) is 3.08. The maximum Gasteiger partial charge on any atom is 0.136 e. The van der Waals surface area contributed by atoms with Crippen LogP contribution in [-0.2, 0) is 9.59 Å². The first-order valence-corrected chi connectivity index (χ1v) is 4.68. The SMILES string of the molecule is CCC1CC(C(C)=O)CCC1=O. The standard InChI is InChI=1S/C10H16O2/c1-3-8-6-9(7(2)11)4-5-10(8)12/h8-9H,3-6H2,1-2H3. The van der Waals surface area contributed by atoms with E-state index in [2.05, 4.69) is 0 Å². The van der Waals surface area contributed by atoms with Gasteiger partial charge in [-0.3, -0.25) is 9.59 Å². The van der Waals surface area contributed by atoms with Gasteiger partial charge in [0.05, 0.1) is 0 Å². The monoisotopic (exact) mass is 168 g/mol. The molecule has 0 aromatic heterocycles. The normalized spacial score (nSPS) is 30.3. The van der Waals surface area contributed by atoms with E-state index in [0.29, 0.717) is 12.2 Å². The van der Waals surface area contributed by atoms with E-state index in [4.69, 9.17) is 0 Å². The van der Waals surface area contributed by atoms with E-state index in [1.807, 2.05) is 6.92 Å². The first kappa shape index (κ1) is 9.43. The number of ketones is 2. The Morgan fingerprint density at radius 1 is 1.58 bits per heavy atom. The smallest absolute Gasteiger partial charge is 0.136 e. The van der Waals surface area contributed by atoms with Gasteiger partial charge in [0.2, 0.25) is 0 Å². The number of hydrogen-bond donors (Lipinski definition) is 0. The van der Waals surface area contributed by atoms with Gasteiger partial charge >= 0.3 is 0 Å². The Hall–Kier alpha value is -0.660. The fourth-order valence-electron chi connectivity index (χ4n) is 1.88. The van der Waals surface area contributed by atoms with Gasteiger partial charge < -0.3 is 0 Å². The molecule has 1 aliphatic rings. The summed E-state index contributed by atoms with van der Waals surface area (Å²) in [6, 6.07) is 0. The molecule has 0 heterocycles. The van der Waals surface area contributed by atoms with Gasteiger partial charge in [-0.15, -0.1) is 0 Å². The summed E-state index contributed by atoms with van der Waals surface area (Å²) in [6.45, 7) is 3.65. The zero-order valence-electron chi connectivity index (χ0n) is 7.80. The van der Waals surface area contributed by atoms with Crippen molar-refractivity contribution in [2.24, 2.45) is 11.8 Å². The van der Waals surface area contributed by atoms with Crippen LogP contribution in [0.4, 0.5) is 0 Å². The molecule has 0 radical (unpaired) electrons. The highest BCUT2D eigenvalue weighted by Gasteiger charge is 2.29. The second-order valence-electron chi connectivity index (χ2n) is 3.65. The first-order chi connectivity index (χ1) is 5.65. The van der Waals surface area contributed by atoms with Gasteiger partial charge in [0.25, 0.3) is 0 Å². The predicted octanol–water partition coefficient (Wildman–Crippen LogP) is 1.97. The fourth-order valence-corrected chi connectivity index (χ4v) is 1.88. The fraction of sp³-hybridized carbons (Fsp3) is 0.800. The van der Waals surface area contributed by atoms with Crippen LogP contribution in [0.5, 0.6) is 0 Å². The minimum atomic E-state index is 0.160. The number of carbonyl (C=O) groups excluding carboxylic acids is 2. The summed E-state index contributed by atoms with van der Waals surface area (Å²) in [5.74, 6) is 0.927. The summed E-state index contributed by atoms with van der Waals surface area (Å²) in [7, 11) is 0. The van der Waals surface area contributed by atoms with Gasteiger partial charge in [0.1, 0.15) is 11.6 Å². The van der Waals surface area contributed by atoms with Gasteiger partial charge in [-0.2, -0.15) is 0 Å². The number of carbonyl (C=O) groups is 2. The number of hydrogen-bond acceptors (Lipinski definition) is 2. The molecule has 1 fully saturated rings. The van der Waals surface area contributed by atoms with Crippen LogP contribution in [0.15, 0.2) is 0 Å². The minimum Gasteiger partial charge on any atom is -0.300 e. The van der Waals surface area contributed by atoms with Crippen molar-refractivity contribution in [1.82, 2.24) is 0 Å². The highest BCUT2D eigenvalue weighted by Crippen LogP contribution is 2.28. The molecule has 0 saturated heterocycles. The predicted molar refractivity (Wildman–Crippen MR) is 46.8 cm³/mol. The van der Waals surface area contributed by atoms with Crippen LogP contribution in [-0.4, -0.2) is 11.6 Å². The van der Waals surface area contributed by atoms with Crippen molar-refractivity contribution < 1.29 is 9.59 Å². The molecule has 0 bridgehead atoms. The molecule has 2 atom stereocenters. The summed E-state index contributed by atoms with van der Waals surface area (Å²) in [5, 5.41) is 0. The molecule has 0 spiro atoms. The van der Waals surface area contributed by atoms with Crippen molar-refractivity contribution in [2.75, 3.05) is 0 Å². The van der Waals surface area contributed by atoms with Crippen LogP contribution in [0.25, 0.3) is 0 Å². The summed E-state index contributed by atoms with van der Waals surface area (Å²) >= 11 is 0. The number of rotatable bonds is 2. The third-order valence-electron chi connectivity index (χ3n) is 2.83. The van der Waals surface area contributed by atoms with E-state index >= 15 is 0 Å². The molecule has 12 heavy (non-hydrogen) atoms. The second kappa shape index (κ2) is 3.83. The molecule has 2 heteroatoms. The van der Waals surface area contributed by atoms with Crippen molar-refractivity contribution in [3.63, 3.8) is 0 Å². The molecule has 0 amide bonds. The Balaban J connectivity index is 2.55. The van der Waals surface area contributed by atoms with Crippen LogP contribution in [0.1, 0.15) is 39.5 Å². The van der Waals surface area contributed by atoms with E-state index in [0.717, 1.165) is 19.3 Å². The molecule has 1 rings (SSSR count). The Kier molecular flexibility index (Phi) is 3.01. The zero-order chi connectivity index (χ0) is 9.14. The molecule has 2 nitrogen and oxygen atoms in total. The van der Waals surface area contributed by atoms with Gasteiger partial charge in [-0.25, -0.2) is 0 Å². The van der Waals surface area contributed by atoms with E-state index in [1.54, 1.807) is 6.92 Å². The first-order valence-electron chi connectivity index (χ1n) is 4.68. The number of Topliss-reactive ketones (excluding diaryl/α,β-unsaturated/α-hetero) is 2. The largest absolute Gasteiger partial charge is 0.300 e. The third-order valence-corrected chi connectivity index (χ3v) is 2.83. The van der Waals surface area contributed by atoms with Crippen molar-refractivity contribution in [3.05, 3.63) is 0 Å². The van der Waals surface area contributed by atoms with Crippen molar-refractivity contribution in [3.8, 4) is 0 Å². The van der Waals surface area contributed by atoms with Crippen LogP contribution in [0, 0.1) is 11.8 Å². The van der Waals surface area contributed by atoms with Crippen molar-refractivity contribution in [2.45, 2.75) is 39.5 Å². The second-order valence-corrected chi connectivity index (χ2v) is 3.65. The lowest BCUT2D eigenvalue weighted by atomic mass is 9.78. The average molecular weight is 168 g/mol. The van der Waals surface area contributed by atoms with Gasteiger partial charge in [0, 0.05) is 18.3 Å². The Bertz CT molecular complexity index is 196.